The van der Waals surface area contributed by atoms with Crippen molar-refractivity contribution in [3.05, 3.63) is 66.5 Å². The van der Waals surface area contributed by atoms with Gasteiger partial charge in [0.15, 0.2) is 0 Å². The molecule has 3 aromatic rings. The summed E-state index contributed by atoms with van der Waals surface area (Å²) in [6.45, 7) is 0.718. The molecule has 6 heteroatoms. The van der Waals surface area contributed by atoms with Crippen molar-refractivity contribution in [2.75, 3.05) is 5.32 Å². The van der Waals surface area contributed by atoms with Gasteiger partial charge in [-0.15, -0.1) is 0 Å². The summed E-state index contributed by atoms with van der Waals surface area (Å²) >= 11 is 0. The molecule has 0 saturated heterocycles. The minimum Gasteiger partial charge on any atom is -0.333 e. The molecule has 2 aromatic heterocycles. The zero-order valence-corrected chi connectivity index (χ0v) is 10.7. The van der Waals surface area contributed by atoms with Crippen LogP contribution in [0.3, 0.4) is 0 Å². The van der Waals surface area contributed by atoms with Gasteiger partial charge in [0.1, 0.15) is 0 Å². The molecule has 20 heavy (non-hydrogen) atoms. The molecule has 0 bridgehead atoms. The largest absolute Gasteiger partial charge is 0.333 e. The van der Waals surface area contributed by atoms with E-state index in [0.29, 0.717) is 5.56 Å². The Kier molecular flexibility index (Phi) is 3.28. The van der Waals surface area contributed by atoms with Gasteiger partial charge in [0.2, 0.25) is 0 Å². The summed E-state index contributed by atoms with van der Waals surface area (Å²) in [5, 5.41) is 9.21. The van der Waals surface area contributed by atoms with Crippen LogP contribution in [-0.4, -0.2) is 25.7 Å². The fourth-order valence-electron chi connectivity index (χ4n) is 1.92. The highest BCUT2D eigenvalue weighted by atomic mass is 16.1. The SMILES string of the molecule is O=C(Nc1cccc(Cn2ccnc2)c1)c1cn[nH]c1. The second kappa shape index (κ2) is 5.40. The zero-order chi connectivity index (χ0) is 13.8. The second-order valence-electron chi connectivity index (χ2n) is 4.38. The third-order valence-corrected chi connectivity index (χ3v) is 2.87. The van der Waals surface area contributed by atoms with Crippen molar-refractivity contribution in [3.8, 4) is 0 Å². The van der Waals surface area contributed by atoms with E-state index in [1.807, 2.05) is 35.0 Å². The van der Waals surface area contributed by atoms with Crippen LogP contribution in [0.4, 0.5) is 5.69 Å². The number of imidazole rings is 1. The van der Waals surface area contributed by atoms with Gasteiger partial charge in [-0.05, 0) is 17.7 Å². The lowest BCUT2D eigenvalue weighted by atomic mass is 10.2. The van der Waals surface area contributed by atoms with Crippen LogP contribution in [0.2, 0.25) is 0 Å². The highest BCUT2D eigenvalue weighted by Gasteiger charge is 2.07. The lowest BCUT2D eigenvalue weighted by Gasteiger charge is -2.07. The highest BCUT2D eigenvalue weighted by molar-refractivity contribution is 6.03. The average molecular weight is 267 g/mol. The van der Waals surface area contributed by atoms with E-state index in [2.05, 4.69) is 20.5 Å². The van der Waals surface area contributed by atoms with Crippen molar-refractivity contribution in [3.63, 3.8) is 0 Å². The Morgan fingerprint density at radius 1 is 1.40 bits per heavy atom. The van der Waals surface area contributed by atoms with E-state index in [9.17, 15) is 4.79 Å². The fourth-order valence-corrected chi connectivity index (χ4v) is 1.92. The summed E-state index contributed by atoms with van der Waals surface area (Å²) in [6, 6.07) is 7.72. The predicted octanol–water partition coefficient (Wildman–Crippen LogP) is 1.91. The van der Waals surface area contributed by atoms with Crippen LogP contribution >= 0.6 is 0 Å². The molecule has 0 saturated carbocycles. The first-order chi connectivity index (χ1) is 9.81. The minimum absolute atomic E-state index is 0.182. The Morgan fingerprint density at radius 2 is 2.35 bits per heavy atom. The van der Waals surface area contributed by atoms with E-state index in [1.165, 1.54) is 6.20 Å². The number of benzene rings is 1. The van der Waals surface area contributed by atoms with Gasteiger partial charge in [-0.3, -0.25) is 9.89 Å². The molecule has 0 fully saturated rings. The maximum Gasteiger partial charge on any atom is 0.258 e. The number of carbonyl (C=O) groups excluding carboxylic acids is 1. The predicted molar refractivity (Wildman–Crippen MR) is 74.3 cm³/mol. The monoisotopic (exact) mass is 267 g/mol. The Labute approximate surface area is 115 Å². The molecule has 0 aliphatic carbocycles. The number of carbonyl (C=O) groups is 1. The maximum absolute atomic E-state index is 11.9. The molecular weight excluding hydrogens is 254 g/mol. The molecular formula is C14H13N5O. The first-order valence-electron chi connectivity index (χ1n) is 6.16. The molecule has 6 nitrogen and oxygen atoms in total. The van der Waals surface area contributed by atoms with Crippen LogP contribution in [0.1, 0.15) is 15.9 Å². The van der Waals surface area contributed by atoms with Crippen molar-refractivity contribution in [1.29, 1.82) is 0 Å². The maximum atomic E-state index is 11.9. The lowest BCUT2D eigenvalue weighted by molar-refractivity contribution is 0.102. The van der Waals surface area contributed by atoms with Crippen molar-refractivity contribution in [1.82, 2.24) is 19.7 Å². The second-order valence-corrected chi connectivity index (χ2v) is 4.38. The number of anilines is 1. The summed E-state index contributed by atoms with van der Waals surface area (Å²) in [5.41, 5.74) is 2.35. The molecule has 3 rings (SSSR count). The lowest BCUT2D eigenvalue weighted by Crippen LogP contribution is -2.11. The number of aromatic amines is 1. The van der Waals surface area contributed by atoms with Gasteiger partial charge in [0, 0.05) is 30.8 Å². The van der Waals surface area contributed by atoms with Crippen LogP contribution in [0.5, 0.6) is 0 Å². The molecule has 100 valence electrons. The smallest absolute Gasteiger partial charge is 0.258 e. The van der Waals surface area contributed by atoms with Gasteiger partial charge < -0.3 is 9.88 Å². The molecule has 1 amide bonds. The van der Waals surface area contributed by atoms with Crippen molar-refractivity contribution in [2.45, 2.75) is 6.54 Å². The summed E-state index contributed by atoms with van der Waals surface area (Å²) in [7, 11) is 0. The standard InChI is InChI=1S/C14H13N5O/c20-14(12-7-16-17-8-12)18-13-3-1-2-11(6-13)9-19-5-4-15-10-19/h1-8,10H,9H2,(H,16,17)(H,18,20). The Hall–Kier alpha value is -2.89. The van der Waals surface area contributed by atoms with Crippen LogP contribution < -0.4 is 5.32 Å². The molecule has 0 spiro atoms. The molecule has 0 aliphatic heterocycles. The zero-order valence-electron chi connectivity index (χ0n) is 10.7. The molecule has 2 heterocycles. The normalized spacial score (nSPS) is 10.4. The number of hydrogen-bond acceptors (Lipinski definition) is 3. The van der Waals surface area contributed by atoms with Gasteiger partial charge in [0.05, 0.1) is 18.1 Å². The number of hydrogen-bond donors (Lipinski definition) is 2. The highest BCUT2D eigenvalue weighted by Crippen LogP contribution is 2.13. The van der Waals surface area contributed by atoms with Gasteiger partial charge in [-0.2, -0.15) is 5.10 Å². The van der Waals surface area contributed by atoms with Gasteiger partial charge >= 0.3 is 0 Å². The fraction of sp³-hybridized carbons (Fsp3) is 0.0714. The van der Waals surface area contributed by atoms with E-state index in [-0.39, 0.29) is 5.91 Å². The molecule has 0 unspecified atom stereocenters. The Balaban J connectivity index is 1.73. The van der Waals surface area contributed by atoms with Crippen LogP contribution in [-0.2, 0) is 6.54 Å². The van der Waals surface area contributed by atoms with Gasteiger partial charge in [-0.25, -0.2) is 4.98 Å². The number of rotatable bonds is 4. The van der Waals surface area contributed by atoms with Crippen LogP contribution in [0, 0.1) is 0 Å². The number of amides is 1. The number of aromatic nitrogens is 4. The Bertz CT molecular complexity index is 688. The van der Waals surface area contributed by atoms with E-state index in [1.54, 1.807) is 18.7 Å². The quantitative estimate of drug-likeness (QED) is 0.758. The molecule has 0 atom stereocenters. The minimum atomic E-state index is -0.182. The third-order valence-electron chi connectivity index (χ3n) is 2.87. The van der Waals surface area contributed by atoms with Crippen molar-refractivity contribution < 1.29 is 4.79 Å². The van der Waals surface area contributed by atoms with Gasteiger partial charge in [-0.1, -0.05) is 12.1 Å². The average Bonchev–Trinajstić information content (AvgIpc) is 3.12. The van der Waals surface area contributed by atoms with E-state index in [0.717, 1.165) is 17.8 Å². The third kappa shape index (κ3) is 2.74. The topological polar surface area (TPSA) is 75.6 Å². The van der Waals surface area contributed by atoms with E-state index >= 15 is 0 Å². The Morgan fingerprint density at radius 3 is 3.10 bits per heavy atom. The first-order valence-corrected chi connectivity index (χ1v) is 6.16. The summed E-state index contributed by atoms with van der Waals surface area (Å²) in [5.74, 6) is -0.182. The number of H-pyrrole nitrogens is 1. The number of nitrogens with zero attached hydrogens (tertiary/aromatic N) is 3. The molecule has 0 aliphatic rings. The molecule has 0 radical (unpaired) electrons. The van der Waals surface area contributed by atoms with Crippen LogP contribution in [0.15, 0.2) is 55.4 Å². The van der Waals surface area contributed by atoms with Crippen LogP contribution in [0.25, 0.3) is 0 Å². The molecule has 1 aromatic carbocycles. The molecule has 2 N–H and O–H groups in total. The van der Waals surface area contributed by atoms with E-state index < -0.39 is 0 Å². The summed E-state index contributed by atoms with van der Waals surface area (Å²) in [6.07, 6.45) is 8.45. The van der Waals surface area contributed by atoms with E-state index in [4.69, 9.17) is 0 Å². The van der Waals surface area contributed by atoms with Crippen molar-refractivity contribution >= 4 is 11.6 Å². The summed E-state index contributed by atoms with van der Waals surface area (Å²) in [4.78, 5) is 15.9. The number of nitrogens with one attached hydrogen (secondary N) is 2. The first kappa shape index (κ1) is 12.2. The van der Waals surface area contributed by atoms with Gasteiger partial charge in [0.25, 0.3) is 5.91 Å². The summed E-state index contributed by atoms with van der Waals surface area (Å²) < 4.78 is 1.97. The van der Waals surface area contributed by atoms with Crippen molar-refractivity contribution in [2.24, 2.45) is 0 Å².